The van der Waals surface area contributed by atoms with E-state index in [1.165, 1.54) is 70.6 Å². The Morgan fingerprint density at radius 2 is 1.25 bits per heavy atom. The lowest BCUT2D eigenvalue weighted by Gasteiger charge is -2.32. The van der Waals surface area contributed by atoms with Gasteiger partial charge < -0.3 is 9.22 Å². The minimum atomic E-state index is -0.109. The van der Waals surface area contributed by atoms with Crippen LogP contribution in [0, 0.1) is 0 Å². The number of rotatable bonds is 16. The molecule has 28 heavy (non-hydrogen) atoms. The Labute approximate surface area is 174 Å². The summed E-state index contributed by atoms with van der Waals surface area (Å²) >= 11 is 0. The molecule has 3 heteroatoms. The minimum Gasteiger partial charge on any atom is -0.422 e. The number of nitrogens with zero attached hydrogens (tertiary/aromatic N) is 1. The lowest BCUT2D eigenvalue weighted by atomic mass is 10.0. The zero-order valence-electron chi connectivity index (χ0n) is 18.9. The maximum absolute atomic E-state index is 12.7. The monoisotopic (exact) mass is 390 g/mol. The Morgan fingerprint density at radius 3 is 1.71 bits per heavy atom. The molecule has 0 spiro atoms. The Morgan fingerprint density at radius 1 is 0.786 bits per heavy atom. The van der Waals surface area contributed by atoms with Crippen molar-refractivity contribution in [3.8, 4) is 5.75 Å². The predicted octanol–water partition coefficient (Wildman–Crippen LogP) is 6.76. The fourth-order valence-electron chi connectivity index (χ4n) is 3.67. The van der Waals surface area contributed by atoms with E-state index in [2.05, 4.69) is 28.1 Å². The van der Waals surface area contributed by atoms with Crippen molar-refractivity contribution in [1.82, 2.24) is 0 Å². The first kappa shape index (κ1) is 24.7. The summed E-state index contributed by atoms with van der Waals surface area (Å²) in [6, 6.07) is 9.30. The molecule has 0 aliphatic heterocycles. The molecule has 0 unspecified atom stereocenters. The molecule has 0 N–H and O–H groups in total. The maximum atomic E-state index is 12.7. The van der Waals surface area contributed by atoms with Crippen LogP contribution in [0.25, 0.3) is 0 Å². The summed E-state index contributed by atoms with van der Waals surface area (Å²) in [5, 5.41) is 0. The van der Waals surface area contributed by atoms with Crippen LogP contribution >= 0.6 is 0 Å². The summed E-state index contributed by atoms with van der Waals surface area (Å²) in [4.78, 5) is 12.7. The van der Waals surface area contributed by atoms with Crippen molar-refractivity contribution in [1.29, 1.82) is 0 Å². The molecule has 0 saturated carbocycles. The molecule has 1 rings (SSSR count). The minimum absolute atomic E-state index is 0.108. The zero-order chi connectivity index (χ0) is 20.7. The van der Waals surface area contributed by atoms with E-state index in [1.807, 2.05) is 30.3 Å². The fraction of sp³-hybridized carbons (Fsp3) is 0.720. The van der Waals surface area contributed by atoms with Crippen molar-refractivity contribution in [2.75, 3.05) is 21.1 Å². The highest BCUT2D eigenvalue weighted by atomic mass is 16.5. The van der Waals surface area contributed by atoms with Crippen LogP contribution < -0.4 is 4.74 Å². The summed E-state index contributed by atoms with van der Waals surface area (Å²) < 4.78 is 6.22. The summed E-state index contributed by atoms with van der Waals surface area (Å²) in [5.41, 5.74) is 0. The molecule has 3 nitrogen and oxygen atoms in total. The van der Waals surface area contributed by atoms with Crippen molar-refractivity contribution in [3.63, 3.8) is 0 Å². The molecule has 0 aliphatic rings. The molecule has 0 bridgehead atoms. The normalized spacial score (nSPS) is 12.7. The summed E-state index contributed by atoms with van der Waals surface area (Å²) in [7, 11) is 6.24. The Balaban J connectivity index is 2.16. The van der Waals surface area contributed by atoms with Crippen LogP contribution in [0.15, 0.2) is 30.3 Å². The van der Waals surface area contributed by atoms with Crippen LogP contribution in [0.4, 0.5) is 0 Å². The Bertz CT molecular complexity index is 507. The maximum Gasteiger partial charge on any atom is 0.370 e. The molecular formula is C25H44NO2+. The molecule has 1 aromatic carbocycles. The predicted molar refractivity (Wildman–Crippen MR) is 120 cm³/mol. The van der Waals surface area contributed by atoms with E-state index in [9.17, 15) is 4.79 Å². The van der Waals surface area contributed by atoms with E-state index in [4.69, 9.17) is 4.74 Å². The SMILES string of the molecule is CCCCCCCCCCCCCC[C@@H](C(=O)Oc1ccccc1)[N+](C)(C)C. The largest absolute Gasteiger partial charge is 0.422 e. The fourth-order valence-corrected chi connectivity index (χ4v) is 3.67. The van der Waals surface area contributed by atoms with Crippen LogP contribution in [0.2, 0.25) is 0 Å². The molecule has 0 heterocycles. The number of hydrogen-bond acceptors (Lipinski definition) is 2. The van der Waals surface area contributed by atoms with Gasteiger partial charge in [-0.2, -0.15) is 0 Å². The van der Waals surface area contributed by atoms with E-state index in [0.29, 0.717) is 10.2 Å². The zero-order valence-corrected chi connectivity index (χ0v) is 18.9. The average Bonchev–Trinajstić information content (AvgIpc) is 2.65. The molecule has 0 aromatic heterocycles. The number of likely N-dealkylation sites (N-methyl/N-ethyl adjacent to an activating group) is 1. The van der Waals surface area contributed by atoms with E-state index in [-0.39, 0.29) is 12.0 Å². The first-order valence-corrected chi connectivity index (χ1v) is 11.5. The first-order chi connectivity index (χ1) is 13.4. The number of carbonyl (C=O) groups excluding carboxylic acids is 1. The molecule has 0 saturated heterocycles. The van der Waals surface area contributed by atoms with Gasteiger partial charge in [-0.15, -0.1) is 0 Å². The van der Waals surface area contributed by atoms with Crippen LogP contribution in [-0.4, -0.2) is 37.6 Å². The van der Waals surface area contributed by atoms with E-state index < -0.39 is 0 Å². The summed E-state index contributed by atoms with van der Waals surface area (Å²) in [5.74, 6) is 0.530. The number of quaternary nitrogens is 1. The van der Waals surface area contributed by atoms with Crippen molar-refractivity contribution >= 4 is 5.97 Å². The van der Waals surface area contributed by atoms with Crippen molar-refractivity contribution in [2.45, 2.75) is 96.4 Å². The molecule has 1 atom stereocenters. The second-order valence-electron chi connectivity index (χ2n) is 9.04. The van der Waals surface area contributed by atoms with Gasteiger partial charge in [-0.25, -0.2) is 4.79 Å². The number of carbonyl (C=O) groups is 1. The third-order valence-electron chi connectivity index (χ3n) is 5.50. The number of para-hydroxylation sites is 1. The topological polar surface area (TPSA) is 26.3 Å². The molecular weight excluding hydrogens is 346 g/mol. The van der Waals surface area contributed by atoms with Gasteiger partial charge in [-0.1, -0.05) is 95.8 Å². The highest BCUT2D eigenvalue weighted by Crippen LogP contribution is 2.18. The van der Waals surface area contributed by atoms with Gasteiger partial charge in [0.1, 0.15) is 5.75 Å². The molecule has 0 aliphatic carbocycles. The van der Waals surface area contributed by atoms with Crippen molar-refractivity contribution in [3.05, 3.63) is 30.3 Å². The standard InChI is InChI=1S/C25H44NO2/c1-5-6-7-8-9-10-11-12-13-14-15-19-22-24(26(2,3)4)25(27)28-23-20-17-16-18-21-23/h16-18,20-21,24H,5-15,19,22H2,1-4H3/q+1/t24-/m0/s1. The smallest absolute Gasteiger partial charge is 0.370 e. The van der Waals surface area contributed by atoms with Gasteiger partial charge >= 0.3 is 5.97 Å². The quantitative estimate of drug-likeness (QED) is 0.135. The van der Waals surface area contributed by atoms with Crippen LogP contribution in [0.5, 0.6) is 5.75 Å². The molecule has 1 aromatic rings. The van der Waals surface area contributed by atoms with Gasteiger partial charge in [-0.3, -0.25) is 0 Å². The van der Waals surface area contributed by atoms with Crippen molar-refractivity contribution < 1.29 is 14.0 Å². The number of unbranched alkanes of at least 4 members (excludes halogenated alkanes) is 11. The van der Waals surface area contributed by atoms with Crippen LogP contribution in [0.1, 0.15) is 90.4 Å². The van der Waals surface area contributed by atoms with Crippen LogP contribution in [-0.2, 0) is 4.79 Å². The molecule has 0 fully saturated rings. The second-order valence-corrected chi connectivity index (χ2v) is 9.04. The van der Waals surface area contributed by atoms with Gasteiger partial charge in [0.15, 0.2) is 6.04 Å². The van der Waals surface area contributed by atoms with E-state index >= 15 is 0 Å². The van der Waals surface area contributed by atoms with Crippen molar-refractivity contribution in [2.24, 2.45) is 0 Å². The second kappa shape index (κ2) is 14.6. The van der Waals surface area contributed by atoms with E-state index in [0.717, 1.165) is 12.8 Å². The van der Waals surface area contributed by atoms with E-state index in [1.54, 1.807) is 0 Å². The third kappa shape index (κ3) is 11.5. The number of ether oxygens (including phenoxy) is 1. The third-order valence-corrected chi connectivity index (χ3v) is 5.50. The average molecular weight is 391 g/mol. The first-order valence-electron chi connectivity index (χ1n) is 11.5. The van der Waals surface area contributed by atoms with Gasteiger partial charge in [0.05, 0.1) is 21.1 Å². The Hall–Kier alpha value is -1.35. The number of hydrogen-bond donors (Lipinski definition) is 0. The van der Waals surface area contributed by atoms with Gasteiger partial charge in [0.2, 0.25) is 0 Å². The highest BCUT2D eigenvalue weighted by molar-refractivity contribution is 5.77. The molecule has 0 amide bonds. The lowest BCUT2D eigenvalue weighted by molar-refractivity contribution is -0.887. The highest BCUT2D eigenvalue weighted by Gasteiger charge is 2.32. The van der Waals surface area contributed by atoms with Gasteiger partial charge in [-0.05, 0) is 18.6 Å². The summed E-state index contributed by atoms with van der Waals surface area (Å²) in [6.07, 6.45) is 16.9. The number of benzene rings is 1. The van der Waals surface area contributed by atoms with Gasteiger partial charge in [0, 0.05) is 6.42 Å². The van der Waals surface area contributed by atoms with Crippen LogP contribution in [0.3, 0.4) is 0 Å². The van der Waals surface area contributed by atoms with Gasteiger partial charge in [0.25, 0.3) is 0 Å². The molecule has 0 radical (unpaired) electrons. The number of esters is 1. The molecule has 160 valence electrons. The lowest BCUT2D eigenvalue weighted by Crippen LogP contribution is -2.51. The summed E-state index contributed by atoms with van der Waals surface area (Å²) in [6.45, 7) is 2.27. The Kier molecular flexibility index (Phi) is 12.9.